The molecule has 4 rings (SSSR count). The van der Waals surface area contributed by atoms with Crippen LogP contribution in [0.3, 0.4) is 0 Å². The molecule has 0 aliphatic carbocycles. The second kappa shape index (κ2) is 4.81. The molecule has 0 spiro atoms. The largest absolute Gasteiger partial charge is 0.454 e. The van der Waals surface area contributed by atoms with Crippen molar-refractivity contribution in [3.05, 3.63) is 59.7 Å². The summed E-state index contributed by atoms with van der Waals surface area (Å²) in [6.45, 7) is 0.267. The van der Waals surface area contributed by atoms with E-state index in [4.69, 9.17) is 9.47 Å². The van der Waals surface area contributed by atoms with Crippen LogP contribution in [0.5, 0.6) is 11.5 Å². The van der Waals surface area contributed by atoms with Crippen LogP contribution in [0.2, 0.25) is 0 Å². The van der Waals surface area contributed by atoms with Crippen molar-refractivity contribution in [1.29, 1.82) is 0 Å². The number of carbonyl (C=O) groups is 1. The van der Waals surface area contributed by atoms with Crippen LogP contribution in [0.4, 0.5) is 0 Å². The first-order valence-electron chi connectivity index (χ1n) is 7.05. The van der Waals surface area contributed by atoms with E-state index in [1.807, 2.05) is 36.4 Å². The van der Waals surface area contributed by atoms with Crippen LogP contribution in [-0.4, -0.2) is 12.7 Å². The molecule has 2 aromatic carbocycles. The standard InChI is InChI=1S/C17H15NO3/c19-17-13(8-11-4-2-1-3-5-11)16(18-17)12-6-7-14-15(9-12)21-10-20-14/h1-7,9,13,16H,8,10H2,(H,18,19). The van der Waals surface area contributed by atoms with Crippen LogP contribution >= 0.6 is 0 Å². The first-order valence-corrected chi connectivity index (χ1v) is 7.05. The minimum absolute atomic E-state index is 0.0206. The number of β-lactam (4-membered cyclic amide) rings is 1. The van der Waals surface area contributed by atoms with Crippen LogP contribution < -0.4 is 14.8 Å². The van der Waals surface area contributed by atoms with Gasteiger partial charge in [0, 0.05) is 0 Å². The van der Waals surface area contributed by atoms with Gasteiger partial charge in [0.1, 0.15) is 0 Å². The van der Waals surface area contributed by atoms with E-state index in [1.165, 1.54) is 5.56 Å². The van der Waals surface area contributed by atoms with Gasteiger partial charge in [0.25, 0.3) is 0 Å². The van der Waals surface area contributed by atoms with E-state index in [9.17, 15) is 4.79 Å². The lowest BCUT2D eigenvalue weighted by Crippen LogP contribution is -2.52. The van der Waals surface area contributed by atoms with Gasteiger partial charge < -0.3 is 14.8 Å². The number of nitrogens with one attached hydrogen (secondary N) is 1. The van der Waals surface area contributed by atoms with E-state index in [0.717, 1.165) is 23.5 Å². The molecule has 1 saturated heterocycles. The fourth-order valence-electron chi connectivity index (χ4n) is 2.92. The van der Waals surface area contributed by atoms with Crippen molar-refractivity contribution < 1.29 is 14.3 Å². The van der Waals surface area contributed by atoms with E-state index >= 15 is 0 Å². The molecule has 0 bridgehead atoms. The Kier molecular flexibility index (Phi) is 2.81. The summed E-state index contributed by atoms with van der Waals surface area (Å²) >= 11 is 0. The molecule has 2 aliphatic heterocycles. The quantitative estimate of drug-likeness (QED) is 0.879. The third-order valence-electron chi connectivity index (χ3n) is 4.09. The molecule has 2 atom stereocenters. The van der Waals surface area contributed by atoms with Gasteiger partial charge in [0.15, 0.2) is 11.5 Å². The maximum Gasteiger partial charge on any atom is 0.231 e. The molecule has 0 saturated carbocycles. The monoisotopic (exact) mass is 281 g/mol. The van der Waals surface area contributed by atoms with Crippen molar-refractivity contribution in [3.8, 4) is 11.5 Å². The summed E-state index contributed by atoms with van der Waals surface area (Å²) in [5, 5.41) is 2.99. The molecule has 1 fully saturated rings. The SMILES string of the molecule is O=C1NC(c2ccc3c(c2)OCO3)C1Cc1ccccc1. The number of fused-ring (bicyclic) bond motifs is 1. The summed E-state index contributed by atoms with van der Waals surface area (Å²) < 4.78 is 10.7. The molecule has 2 aromatic rings. The Morgan fingerprint density at radius 3 is 2.67 bits per heavy atom. The number of benzene rings is 2. The first kappa shape index (κ1) is 12.3. The van der Waals surface area contributed by atoms with Crippen molar-refractivity contribution in [1.82, 2.24) is 5.32 Å². The third-order valence-corrected chi connectivity index (χ3v) is 4.09. The molecule has 0 radical (unpaired) electrons. The van der Waals surface area contributed by atoms with E-state index in [1.54, 1.807) is 0 Å². The van der Waals surface area contributed by atoms with Gasteiger partial charge >= 0.3 is 0 Å². The summed E-state index contributed by atoms with van der Waals surface area (Å²) in [4.78, 5) is 11.9. The Bertz CT molecular complexity index is 684. The highest BCUT2D eigenvalue weighted by Crippen LogP contribution is 2.39. The molecule has 4 heteroatoms. The summed E-state index contributed by atoms with van der Waals surface area (Å²) in [7, 11) is 0. The minimum Gasteiger partial charge on any atom is -0.454 e. The van der Waals surface area contributed by atoms with E-state index in [0.29, 0.717) is 0 Å². The van der Waals surface area contributed by atoms with E-state index in [-0.39, 0.29) is 24.7 Å². The zero-order valence-corrected chi connectivity index (χ0v) is 11.4. The molecule has 2 unspecified atom stereocenters. The number of ether oxygens (including phenoxy) is 2. The zero-order valence-electron chi connectivity index (χ0n) is 11.4. The van der Waals surface area contributed by atoms with Crippen molar-refractivity contribution in [2.75, 3.05) is 6.79 Å². The lowest BCUT2D eigenvalue weighted by Gasteiger charge is -2.37. The Morgan fingerprint density at radius 1 is 1.05 bits per heavy atom. The smallest absolute Gasteiger partial charge is 0.231 e. The van der Waals surface area contributed by atoms with Crippen molar-refractivity contribution >= 4 is 5.91 Å². The number of rotatable bonds is 3. The zero-order chi connectivity index (χ0) is 14.2. The van der Waals surface area contributed by atoms with Crippen LogP contribution in [-0.2, 0) is 11.2 Å². The van der Waals surface area contributed by atoms with Crippen LogP contribution in [0, 0.1) is 5.92 Å². The number of hydrogen-bond acceptors (Lipinski definition) is 3. The van der Waals surface area contributed by atoms with Gasteiger partial charge in [-0.25, -0.2) is 0 Å². The molecular formula is C17H15NO3. The van der Waals surface area contributed by atoms with Crippen LogP contribution in [0.25, 0.3) is 0 Å². The number of amides is 1. The lowest BCUT2D eigenvalue weighted by molar-refractivity contribution is -0.135. The van der Waals surface area contributed by atoms with Gasteiger partial charge in [0.05, 0.1) is 12.0 Å². The first-order chi connectivity index (χ1) is 10.3. The molecule has 4 nitrogen and oxygen atoms in total. The molecule has 0 aromatic heterocycles. The van der Waals surface area contributed by atoms with Crippen molar-refractivity contribution in [2.24, 2.45) is 5.92 Å². The Morgan fingerprint density at radius 2 is 1.86 bits per heavy atom. The number of carbonyl (C=O) groups excluding carboxylic acids is 1. The van der Waals surface area contributed by atoms with E-state index in [2.05, 4.69) is 17.4 Å². The predicted molar refractivity (Wildman–Crippen MR) is 77.1 cm³/mol. The van der Waals surface area contributed by atoms with Crippen molar-refractivity contribution in [3.63, 3.8) is 0 Å². The van der Waals surface area contributed by atoms with Gasteiger partial charge in [-0.05, 0) is 29.7 Å². The average molecular weight is 281 g/mol. The molecule has 1 amide bonds. The summed E-state index contributed by atoms with van der Waals surface area (Å²) in [6.07, 6.45) is 0.756. The fourth-order valence-corrected chi connectivity index (χ4v) is 2.92. The second-order valence-corrected chi connectivity index (χ2v) is 5.40. The second-order valence-electron chi connectivity index (χ2n) is 5.40. The van der Waals surface area contributed by atoms with Gasteiger partial charge in [0.2, 0.25) is 12.7 Å². The normalized spacial score (nSPS) is 22.6. The molecule has 1 N–H and O–H groups in total. The molecule has 21 heavy (non-hydrogen) atoms. The van der Waals surface area contributed by atoms with Gasteiger partial charge in [-0.15, -0.1) is 0 Å². The van der Waals surface area contributed by atoms with E-state index < -0.39 is 0 Å². The fraction of sp³-hybridized carbons (Fsp3) is 0.235. The third kappa shape index (κ3) is 2.13. The Hall–Kier alpha value is -2.49. The lowest BCUT2D eigenvalue weighted by atomic mass is 9.81. The Balaban J connectivity index is 1.56. The summed E-state index contributed by atoms with van der Waals surface area (Å²) in [5.41, 5.74) is 2.25. The average Bonchev–Trinajstić information content (AvgIpc) is 2.99. The highest BCUT2D eigenvalue weighted by atomic mass is 16.7. The highest BCUT2D eigenvalue weighted by Gasteiger charge is 2.40. The molecular weight excluding hydrogens is 266 g/mol. The van der Waals surface area contributed by atoms with Crippen LogP contribution in [0.1, 0.15) is 17.2 Å². The Labute approximate surface area is 122 Å². The van der Waals surface area contributed by atoms with Gasteiger partial charge in [-0.3, -0.25) is 4.79 Å². The summed E-state index contributed by atoms with van der Waals surface area (Å²) in [5.74, 6) is 1.62. The molecule has 2 heterocycles. The van der Waals surface area contributed by atoms with Crippen molar-refractivity contribution in [2.45, 2.75) is 12.5 Å². The molecule has 106 valence electrons. The minimum atomic E-state index is -0.0206. The predicted octanol–water partition coefficient (Wildman–Crippen LogP) is 2.45. The maximum absolute atomic E-state index is 11.9. The van der Waals surface area contributed by atoms with Gasteiger partial charge in [-0.2, -0.15) is 0 Å². The summed E-state index contributed by atoms with van der Waals surface area (Å²) in [6, 6.07) is 16.0. The topological polar surface area (TPSA) is 47.6 Å². The highest BCUT2D eigenvalue weighted by molar-refractivity contribution is 5.86. The maximum atomic E-state index is 11.9. The molecule has 2 aliphatic rings. The van der Waals surface area contributed by atoms with Gasteiger partial charge in [-0.1, -0.05) is 36.4 Å². The number of hydrogen-bond donors (Lipinski definition) is 1. The van der Waals surface area contributed by atoms with Crippen LogP contribution in [0.15, 0.2) is 48.5 Å².